The van der Waals surface area contributed by atoms with E-state index in [2.05, 4.69) is 42.4 Å². The van der Waals surface area contributed by atoms with Gasteiger partial charge in [-0.05, 0) is 36.4 Å². The zero-order valence-electron chi connectivity index (χ0n) is 9.27. The first-order valence-electron chi connectivity index (χ1n) is 5.18. The van der Waals surface area contributed by atoms with Crippen LogP contribution in [0.15, 0.2) is 56.5 Å². The number of phenolic OH excluding ortho intramolecular Hbond substituents is 1. The maximum Gasteiger partial charge on any atom is 0.124 e. The smallest absolute Gasteiger partial charge is 0.124 e. The van der Waals surface area contributed by atoms with E-state index in [9.17, 15) is 5.11 Å². The van der Waals surface area contributed by atoms with E-state index in [0.717, 1.165) is 14.6 Å². The van der Waals surface area contributed by atoms with Crippen LogP contribution in [0, 0.1) is 0 Å². The van der Waals surface area contributed by atoms with Crippen molar-refractivity contribution >= 4 is 43.8 Å². The number of hydrazone groups is 1. The van der Waals surface area contributed by atoms with E-state index in [1.807, 2.05) is 24.3 Å². The fourth-order valence-electron chi connectivity index (χ4n) is 1.36. The number of anilines is 1. The Labute approximate surface area is 122 Å². The quantitative estimate of drug-likeness (QED) is 0.623. The van der Waals surface area contributed by atoms with E-state index in [4.69, 9.17) is 0 Å². The second kappa shape index (κ2) is 6.02. The van der Waals surface area contributed by atoms with Crippen LogP contribution in [0.5, 0.6) is 5.75 Å². The molecule has 0 spiro atoms. The molecular weight excluding hydrogens is 360 g/mol. The lowest BCUT2D eigenvalue weighted by Crippen LogP contribution is -1.91. The van der Waals surface area contributed by atoms with E-state index in [0.29, 0.717) is 5.56 Å². The van der Waals surface area contributed by atoms with Gasteiger partial charge in [0.15, 0.2) is 0 Å². The summed E-state index contributed by atoms with van der Waals surface area (Å²) >= 11 is 6.73. The molecule has 0 radical (unpaired) electrons. The Morgan fingerprint density at radius 1 is 1.06 bits per heavy atom. The summed E-state index contributed by atoms with van der Waals surface area (Å²) < 4.78 is 1.87. The van der Waals surface area contributed by atoms with Gasteiger partial charge in [-0.15, -0.1) is 0 Å². The first-order chi connectivity index (χ1) is 8.65. The van der Waals surface area contributed by atoms with Gasteiger partial charge < -0.3 is 5.11 Å². The Morgan fingerprint density at radius 2 is 1.83 bits per heavy atom. The monoisotopic (exact) mass is 368 g/mol. The van der Waals surface area contributed by atoms with Crippen LogP contribution in [0.1, 0.15) is 5.56 Å². The van der Waals surface area contributed by atoms with Crippen molar-refractivity contribution in [3.8, 4) is 5.75 Å². The first-order valence-corrected chi connectivity index (χ1v) is 6.77. The molecule has 0 aliphatic carbocycles. The van der Waals surface area contributed by atoms with Crippen molar-refractivity contribution in [2.24, 2.45) is 5.10 Å². The minimum absolute atomic E-state index is 0.193. The average molecular weight is 370 g/mol. The van der Waals surface area contributed by atoms with Gasteiger partial charge in [-0.1, -0.05) is 37.9 Å². The van der Waals surface area contributed by atoms with E-state index in [-0.39, 0.29) is 5.75 Å². The molecule has 18 heavy (non-hydrogen) atoms. The summed E-state index contributed by atoms with van der Waals surface area (Å²) in [6.45, 7) is 0. The molecule has 3 nitrogen and oxygen atoms in total. The molecule has 0 saturated heterocycles. The molecule has 0 unspecified atom stereocenters. The van der Waals surface area contributed by atoms with Gasteiger partial charge in [-0.3, -0.25) is 5.43 Å². The van der Waals surface area contributed by atoms with Crippen LogP contribution in [0.4, 0.5) is 5.69 Å². The maximum atomic E-state index is 9.63. The third kappa shape index (κ3) is 3.58. The molecule has 0 aliphatic heterocycles. The van der Waals surface area contributed by atoms with E-state index in [1.54, 1.807) is 24.4 Å². The second-order valence-corrected chi connectivity index (χ2v) is 5.41. The molecule has 5 heteroatoms. The summed E-state index contributed by atoms with van der Waals surface area (Å²) in [6, 6.07) is 12.9. The lowest BCUT2D eigenvalue weighted by Gasteiger charge is -2.01. The van der Waals surface area contributed by atoms with Crippen LogP contribution in [-0.4, -0.2) is 11.3 Å². The second-order valence-electron chi connectivity index (χ2n) is 3.58. The highest BCUT2D eigenvalue weighted by Crippen LogP contribution is 2.20. The highest BCUT2D eigenvalue weighted by atomic mass is 79.9. The number of nitrogens with one attached hydrogen (secondary N) is 1. The number of rotatable bonds is 3. The van der Waals surface area contributed by atoms with Crippen molar-refractivity contribution in [2.75, 3.05) is 5.43 Å². The number of phenols is 1. The minimum Gasteiger partial charge on any atom is -0.507 e. The Hall–Kier alpha value is -1.33. The number of hydrogen-bond acceptors (Lipinski definition) is 3. The van der Waals surface area contributed by atoms with Gasteiger partial charge >= 0.3 is 0 Å². The standard InChI is InChI=1S/C13H10Br2N2O/c14-10-2-1-3-12(7-10)17-16-8-9-6-11(15)4-5-13(9)18/h1-8,17-18H/b16-8+. The maximum absolute atomic E-state index is 9.63. The van der Waals surface area contributed by atoms with Crippen molar-refractivity contribution < 1.29 is 5.11 Å². The van der Waals surface area contributed by atoms with Crippen molar-refractivity contribution in [2.45, 2.75) is 0 Å². The summed E-state index contributed by atoms with van der Waals surface area (Å²) in [5, 5.41) is 13.7. The summed E-state index contributed by atoms with van der Waals surface area (Å²) in [7, 11) is 0. The highest BCUT2D eigenvalue weighted by Gasteiger charge is 1.98. The summed E-state index contributed by atoms with van der Waals surface area (Å²) in [5.41, 5.74) is 4.41. The number of halogens is 2. The van der Waals surface area contributed by atoms with E-state index < -0.39 is 0 Å². The Balaban J connectivity index is 2.10. The molecule has 0 saturated carbocycles. The first kappa shape index (κ1) is 13.1. The van der Waals surface area contributed by atoms with Crippen molar-refractivity contribution in [1.29, 1.82) is 0 Å². The molecule has 2 aromatic rings. The van der Waals surface area contributed by atoms with Crippen molar-refractivity contribution in [3.63, 3.8) is 0 Å². The normalized spacial score (nSPS) is 10.8. The van der Waals surface area contributed by atoms with E-state index in [1.165, 1.54) is 0 Å². The van der Waals surface area contributed by atoms with Crippen LogP contribution < -0.4 is 5.43 Å². The SMILES string of the molecule is Oc1ccc(Br)cc1/C=N/Nc1cccc(Br)c1. The fraction of sp³-hybridized carbons (Fsp3) is 0. The van der Waals surface area contributed by atoms with Gasteiger partial charge in [-0.2, -0.15) is 5.10 Å². The Morgan fingerprint density at radius 3 is 2.61 bits per heavy atom. The van der Waals surface area contributed by atoms with Gasteiger partial charge in [0.25, 0.3) is 0 Å². The average Bonchev–Trinajstić information content (AvgIpc) is 2.34. The van der Waals surface area contributed by atoms with Gasteiger partial charge in [-0.25, -0.2) is 0 Å². The molecule has 2 N–H and O–H groups in total. The topological polar surface area (TPSA) is 44.6 Å². The number of aromatic hydroxyl groups is 1. The van der Waals surface area contributed by atoms with Gasteiger partial charge in [0, 0.05) is 14.5 Å². The van der Waals surface area contributed by atoms with Crippen molar-refractivity contribution in [1.82, 2.24) is 0 Å². The fourth-order valence-corrected chi connectivity index (χ4v) is 2.14. The molecule has 0 bridgehead atoms. The zero-order chi connectivity index (χ0) is 13.0. The molecule has 2 aromatic carbocycles. The molecule has 0 amide bonds. The largest absolute Gasteiger partial charge is 0.507 e. The zero-order valence-corrected chi connectivity index (χ0v) is 12.4. The molecule has 92 valence electrons. The van der Waals surface area contributed by atoms with Gasteiger partial charge in [0.05, 0.1) is 11.9 Å². The van der Waals surface area contributed by atoms with Crippen LogP contribution in [0.3, 0.4) is 0 Å². The third-order valence-electron chi connectivity index (χ3n) is 2.21. The summed E-state index contributed by atoms with van der Waals surface area (Å²) in [4.78, 5) is 0. The van der Waals surface area contributed by atoms with Crippen molar-refractivity contribution in [3.05, 3.63) is 57.0 Å². The van der Waals surface area contributed by atoms with Gasteiger partial charge in [0.2, 0.25) is 0 Å². The number of hydrogen-bond donors (Lipinski definition) is 2. The summed E-state index contributed by atoms with van der Waals surface area (Å²) in [6.07, 6.45) is 1.57. The highest BCUT2D eigenvalue weighted by molar-refractivity contribution is 9.10. The molecule has 0 aromatic heterocycles. The lowest BCUT2D eigenvalue weighted by atomic mass is 10.2. The predicted molar refractivity (Wildman–Crippen MR) is 81.2 cm³/mol. The molecule has 0 atom stereocenters. The molecule has 0 heterocycles. The third-order valence-corrected chi connectivity index (χ3v) is 3.20. The molecule has 2 rings (SSSR count). The lowest BCUT2D eigenvalue weighted by molar-refractivity contribution is 0.474. The minimum atomic E-state index is 0.193. The molecule has 0 aliphatic rings. The van der Waals surface area contributed by atoms with Crippen LogP contribution in [-0.2, 0) is 0 Å². The van der Waals surface area contributed by atoms with Crippen LogP contribution in [0.25, 0.3) is 0 Å². The Bertz CT molecular complexity index is 585. The van der Waals surface area contributed by atoms with Gasteiger partial charge in [0.1, 0.15) is 5.75 Å². The molecule has 0 fully saturated rings. The summed E-state index contributed by atoms with van der Waals surface area (Å²) in [5.74, 6) is 0.193. The van der Waals surface area contributed by atoms with Crippen LogP contribution in [0.2, 0.25) is 0 Å². The van der Waals surface area contributed by atoms with Crippen LogP contribution >= 0.6 is 31.9 Å². The Kier molecular flexibility index (Phi) is 4.38. The predicted octanol–water partition coefficient (Wildman–Crippen LogP) is 4.36. The number of nitrogens with zero attached hydrogens (tertiary/aromatic N) is 1. The number of benzene rings is 2. The van der Waals surface area contributed by atoms with E-state index >= 15 is 0 Å². The molecular formula is C13H10Br2N2O.